The summed E-state index contributed by atoms with van der Waals surface area (Å²) in [7, 11) is 1.63. The predicted octanol–water partition coefficient (Wildman–Crippen LogP) is 7.21. The molecule has 6 heteroatoms. The van der Waals surface area contributed by atoms with Gasteiger partial charge in [-0.2, -0.15) is 0 Å². The molecule has 3 aromatic rings. The molecule has 0 spiro atoms. The van der Waals surface area contributed by atoms with Crippen molar-refractivity contribution in [2.24, 2.45) is 11.8 Å². The molecule has 2 atom stereocenters. The van der Waals surface area contributed by atoms with E-state index in [0.717, 1.165) is 24.3 Å². The molecular formula is C30H35ClN2O3. The number of ether oxygens (including phenoxy) is 2. The topological polar surface area (TPSA) is 42.0 Å². The van der Waals surface area contributed by atoms with Gasteiger partial charge >= 0.3 is 6.09 Å². The molecule has 4 rings (SSSR count). The zero-order valence-corrected chi connectivity index (χ0v) is 22.2. The molecule has 5 nitrogen and oxygen atoms in total. The second-order valence-corrected chi connectivity index (χ2v) is 10.8. The van der Waals surface area contributed by atoms with Crippen LogP contribution >= 0.6 is 11.6 Å². The van der Waals surface area contributed by atoms with Crippen LogP contribution in [0.4, 0.5) is 16.2 Å². The Morgan fingerprint density at radius 2 is 1.58 bits per heavy atom. The van der Waals surface area contributed by atoms with Crippen molar-refractivity contribution in [2.75, 3.05) is 31.6 Å². The first-order valence-electron chi connectivity index (χ1n) is 12.4. The number of halogens is 1. The van der Waals surface area contributed by atoms with Crippen molar-refractivity contribution in [2.45, 2.75) is 32.8 Å². The molecule has 1 aliphatic rings. The predicted molar refractivity (Wildman–Crippen MR) is 146 cm³/mol. The highest BCUT2D eigenvalue weighted by atomic mass is 35.5. The smallest absolute Gasteiger partial charge is 0.410 e. The van der Waals surface area contributed by atoms with Gasteiger partial charge in [-0.05, 0) is 68.9 Å². The summed E-state index contributed by atoms with van der Waals surface area (Å²) in [5.41, 5.74) is 2.82. The number of nitrogens with zero attached hydrogens (tertiary/aromatic N) is 2. The van der Waals surface area contributed by atoms with Crippen LogP contribution in [0.2, 0.25) is 5.02 Å². The minimum atomic E-state index is -0.528. The number of anilines is 2. The number of carbonyl (C=O) groups is 1. The quantitative estimate of drug-likeness (QED) is 0.339. The van der Waals surface area contributed by atoms with Crippen molar-refractivity contribution in [3.05, 3.63) is 89.4 Å². The van der Waals surface area contributed by atoms with Gasteiger partial charge in [0.15, 0.2) is 0 Å². The van der Waals surface area contributed by atoms with Crippen molar-refractivity contribution < 1.29 is 14.3 Å². The monoisotopic (exact) mass is 506 g/mol. The number of hydrogen-bond donors (Lipinski definition) is 0. The summed E-state index contributed by atoms with van der Waals surface area (Å²) >= 11 is 6.34. The highest BCUT2D eigenvalue weighted by Gasteiger charge is 2.38. The zero-order valence-electron chi connectivity index (χ0n) is 21.5. The second kappa shape index (κ2) is 11.3. The fourth-order valence-electron chi connectivity index (χ4n) is 4.79. The van der Waals surface area contributed by atoms with Crippen LogP contribution in [0, 0.1) is 11.8 Å². The van der Waals surface area contributed by atoms with Crippen molar-refractivity contribution >= 4 is 29.1 Å². The van der Waals surface area contributed by atoms with Gasteiger partial charge in [-0.1, -0.05) is 60.1 Å². The molecule has 2 unspecified atom stereocenters. The van der Waals surface area contributed by atoms with E-state index in [4.69, 9.17) is 21.1 Å². The zero-order chi connectivity index (χ0) is 25.7. The van der Waals surface area contributed by atoms with E-state index in [1.54, 1.807) is 7.11 Å². The summed E-state index contributed by atoms with van der Waals surface area (Å²) in [6.07, 6.45) is 0.652. The second-order valence-electron chi connectivity index (χ2n) is 10.4. The molecule has 1 heterocycles. The van der Waals surface area contributed by atoms with Crippen molar-refractivity contribution in [1.29, 1.82) is 0 Å². The maximum absolute atomic E-state index is 13.0. The fourth-order valence-corrected chi connectivity index (χ4v) is 4.98. The number of amides is 1. The first-order chi connectivity index (χ1) is 17.2. The lowest BCUT2D eigenvalue weighted by atomic mass is 9.89. The third kappa shape index (κ3) is 6.52. The van der Waals surface area contributed by atoms with Crippen LogP contribution in [0.25, 0.3) is 0 Å². The Balaban J connectivity index is 1.65. The van der Waals surface area contributed by atoms with Gasteiger partial charge in [-0.15, -0.1) is 0 Å². The van der Waals surface area contributed by atoms with E-state index in [9.17, 15) is 4.79 Å². The summed E-state index contributed by atoms with van der Waals surface area (Å²) in [6, 6.07) is 26.7. The maximum atomic E-state index is 13.0. The van der Waals surface area contributed by atoms with E-state index in [1.807, 2.05) is 68.1 Å². The number of benzene rings is 3. The molecular weight excluding hydrogens is 472 g/mol. The van der Waals surface area contributed by atoms with Gasteiger partial charge in [0.2, 0.25) is 0 Å². The van der Waals surface area contributed by atoms with E-state index in [2.05, 4.69) is 41.3 Å². The van der Waals surface area contributed by atoms with Gasteiger partial charge in [-0.3, -0.25) is 0 Å². The number of para-hydroxylation sites is 1. The molecule has 1 fully saturated rings. The first kappa shape index (κ1) is 25.9. The molecule has 0 bridgehead atoms. The molecule has 3 aromatic carbocycles. The van der Waals surface area contributed by atoms with Crippen LogP contribution in [0.15, 0.2) is 78.9 Å². The van der Waals surface area contributed by atoms with Crippen LogP contribution in [-0.4, -0.2) is 43.3 Å². The minimum Gasteiger partial charge on any atom is -0.495 e. The van der Waals surface area contributed by atoms with E-state index in [1.165, 1.54) is 5.56 Å². The van der Waals surface area contributed by atoms with Crippen molar-refractivity contribution in [3.8, 4) is 5.75 Å². The lowest BCUT2D eigenvalue weighted by Gasteiger charge is -2.30. The Hall–Kier alpha value is -3.18. The summed E-state index contributed by atoms with van der Waals surface area (Å²) in [4.78, 5) is 17.2. The highest BCUT2D eigenvalue weighted by molar-refractivity contribution is 6.32. The number of methoxy groups -OCH3 is 1. The summed E-state index contributed by atoms with van der Waals surface area (Å²) in [5, 5.41) is 0.577. The maximum Gasteiger partial charge on any atom is 0.410 e. The third-order valence-electron chi connectivity index (χ3n) is 6.50. The van der Waals surface area contributed by atoms with Crippen LogP contribution < -0.4 is 9.64 Å². The lowest BCUT2D eigenvalue weighted by Crippen LogP contribution is -2.36. The van der Waals surface area contributed by atoms with Gasteiger partial charge < -0.3 is 19.3 Å². The van der Waals surface area contributed by atoms with Gasteiger partial charge in [0.05, 0.1) is 12.1 Å². The molecule has 36 heavy (non-hydrogen) atoms. The largest absolute Gasteiger partial charge is 0.495 e. The molecule has 1 saturated heterocycles. The number of hydrogen-bond acceptors (Lipinski definition) is 4. The van der Waals surface area contributed by atoms with Crippen molar-refractivity contribution in [3.63, 3.8) is 0 Å². The lowest BCUT2D eigenvalue weighted by molar-refractivity contribution is 0.0284. The Morgan fingerprint density at radius 3 is 2.22 bits per heavy atom. The third-order valence-corrected chi connectivity index (χ3v) is 6.81. The van der Waals surface area contributed by atoms with Crippen LogP contribution in [0.3, 0.4) is 0 Å². The molecule has 1 amide bonds. The van der Waals surface area contributed by atoms with Crippen molar-refractivity contribution in [1.82, 2.24) is 4.90 Å². The number of rotatable bonds is 7. The van der Waals surface area contributed by atoms with Gasteiger partial charge in [0.25, 0.3) is 0 Å². The molecule has 190 valence electrons. The van der Waals surface area contributed by atoms with E-state index >= 15 is 0 Å². The molecule has 0 radical (unpaired) electrons. The van der Waals surface area contributed by atoms with Crippen LogP contribution in [0.5, 0.6) is 5.75 Å². The minimum absolute atomic E-state index is 0.236. The Kier molecular flexibility index (Phi) is 8.10. The Bertz CT molecular complexity index is 1150. The molecule has 0 aliphatic carbocycles. The fraction of sp³-hybridized carbons (Fsp3) is 0.367. The van der Waals surface area contributed by atoms with E-state index in [-0.39, 0.29) is 12.0 Å². The summed E-state index contributed by atoms with van der Waals surface area (Å²) < 4.78 is 11.2. The van der Waals surface area contributed by atoms with E-state index in [0.29, 0.717) is 29.8 Å². The van der Waals surface area contributed by atoms with E-state index < -0.39 is 5.60 Å². The summed E-state index contributed by atoms with van der Waals surface area (Å²) in [5.74, 6) is 1.16. The number of likely N-dealkylation sites (tertiary alicyclic amines) is 1. The molecule has 0 N–H and O–H groups in total. The van der Waals surface area contributed by atoms with Crippen LogP contribution in [0.1, 0.15) is 26.3 Å². The average Bonchev–Trinajstić information content (AvgIpc) is 3.25. The highest BCUT2D eigenvalue weighted by Crippen LogP contribution is 2.36. The van der Waals surface area contributed by atoms with Gasteiger partial charge in [0.1, 0.15) is 11.4 Å². The Morgan fingerprint density at radius 1 is 0.944 bits per heavy atom. The SMILES string of the molecule is COc1cc(N(CC2CN(C(=O)OC(C)(C)C)CC2Cc2ccccc2)c2ccccc2)ccc1Cl. The normalized spacial score (nSPS) is 17.6. The van der Waals surface area contributed by atoms with Gasteiger partial charge in [-0.25, -0.2) is 4.79 Å². The number of carbonyl (C=O) groups excluding carboxylic acids is 1. The molecule has 0 aromatic heterocycles. The average molecular weight is 507 g/mol. The van der Waals surface area contributed by atoms with Crippen LogP contribution in [-0.2, 0) is 11.2 Å². The standard InChI is InChI=1S/C30H35ClN2O3/c1-30(2,3)36-29(34)32-19-23(17-22-11-7-5-8-12-22)24(20-32)21-33(25-13-9-6-10-14-25)26-15-16-27(31)28(18-26)35-4/h5-16,18,23-24H,17,19-21H2,1-4H3. The summed E-state index contributed by atoms with van der Waals surface area (Å²) in [6.45, 7) is 7.77. The molecule has 1 aliphatic heterocycles. The molecule has 0 saturated carbocycles. The first-order valence-corrected chi connectivity index (χ1v) is 12.8. The Labute approximate surface area is 219 Å². The van der Waals surface area contributed by atoms with Gasteiger partial charge in [0, 0.05) is 37.1 Å².